The van der Waals surface area contributed by atoms with E-state index in [-0.39, 0.29) is 12.1 Å². The van der Waals surface area contributed by atoms with Crippen molar-refractivity contribution in [3.8, 4) is 0 Å². The first-order chi connectivity index (χ1) is 8.11. The molecule has 3 unspecified atom stereocenters. The Kier molecular flexibility index (Phi) is 3.89. The summed E-state index contributed by atoms with van der Waals surface area (Å²) in [7, 11) is 0. The lowest BCUT2D eigenvalue weighted by Gasteiger charge is -2.30. The summed E-state index contributed by atoms with van der Waals surface area (Å²) in [5, 5.41) is 0. The van der Waals surface area contributed by atoms with Gasteiger partial charge in [-0.15, -0.1) is 0 Å². The molecule has 0 aromatic carbocycles. The highest BCUT2D eigenvalue weighted by molar-refractivity contribution is 5.12. The summed E-state index contributed by atoms with van der Waals surface area (Å²) in [5.74, 6) is 2.78. The molecule has 3 heteroatoms. The van der Waals surface area contributed by atoms with Gasteiger partial charge in [-0.05, 0) is 44.4 Å². The summed E-state index contributed by atoms with van der Waals surface area (Å²) >= 11 is 0. The third kappa shape index (κ3) is 2.72. The zero-order chi connectivity index (χ0) is 12.4. The van der Waals surface area contributed by atoms with Gasteiger partial charge in [0.2, 0.25) is 0 Å². The maximum Gasteiger partial charge on any atom is 0.122 e. The summed E-state index contributed by atoms with van der Waals surface area (Å²) in [4.78, 5) is 2.48. The molecule has 1 aliphatic heterocycles. The van der Waals surface area contributed by atoms with Gasteiger partial charge in [-0.2, -0.15) is 0 Å². The summed E-state index contributed by atoms with van der Waals surface area (Å²) in [6.07, 6.45) is 2.25. The summed E-state index contributed by atoms with van der Waals surface area (Å²) in [6, 6.07) is 4.52. The van der Waals surface area contributed by atoms with Crippen molar-refractivity contribution in [1.82, 2.24) is 4.90 Å². The van der Waals surface area contributed by atoms with Crippen LogP contribution in [-0.2, 0) is 0 Å². The summed E-state index contributed by atoms with van der Waals surface area (Å²) < 4.78 is 5.79. The molecule has 0 bridgehead atoms. The minimum absolute atomic E-state index is 0.158. The van der Waals surface area contributed by atoms with E-state index in [1.165, 1.54) is 6.42 Å². The first-order valence-electron chi connectivity index (χ1n) is 6.67. The number of furan rings is 1. The maximum absolute atomic E-state index is 6.28. The third-order valence-electron chi connectivity index (χ3n) is 3.78. The van der Waals surface area contributed by atoms with Crippen LogP contribution in [0.4, 0.5) is 0 Å². The fourth-order valence-corrected chi connectivity index (χ4v) is 2.72. The molecule has 2 heterocycles. The number of rotatable bonds is 4. The smallest absolute Gasteiger partial charge is 0.122 e. The molecule has 2 N–H and O–H groups in total. The van der Waals surface area contributed by atoms with E-state index in [1.54, 1.807) is 0 Å². The number of hydrogen-bond donors (Lipinski definition) is 1. The van der Waals surface area contributed by atoms with Crippen LogP contribution in [0.25, 0.3) is 0 Å². The first kappa shape index (κ1) is 12.7. The second-order valence-corrected chi connectivity index (χ2v) is 5.35. The van der Waals surface area contributed by atoms with Crippen molar-refractivity contribution < 1.29 is 4.42 Å². The normalized spacial score (nSPS) is 25.1. The van der Waals surface area contributed by atoms with E-state index in [0.717, 1.165) is 36.9 Å². The minimum Gasteiger partial charge on any atom is -0.465 e. The van der Waals surface area contributed by atoms with Crippen LogP contribution in [0.1, 0.15) is 44.3 Å². The van der Waals surface area contributed by atoms with Crippen molar-refractivity contribution in [2.24, 2.45) is 11.7 Å². The molecule has 96 valence electrons. The molecular weight excluding hydrogens is 212 g/mol. The van der Waals surface area contributed by atoms with Crippen molar-refractivity contribution in [2.45, 2.75) is 45.7 Å². The van der Waals surface area contributed by atoms with Crippen LogP contribution in [0.5, 0.6) is 0 Å². The monoisotopic (exact) mass is 236 g/mol. The lowest BCUT2D eigenvalue weighted by atomic mass is 10.0. The number of aryl methyl sites for hydroxylation is 1. The van der Waals surface area contributed by atoms with Crippen LogP contribution in [0, 0.1) is 12.8 Å². The van der Waals surface area contributed by atoms with E-state index in [9.17, 15) is 0 Å². The van der Waals surface area contributed by atoms with Gasteiger partial charge in [0.15, 0.2) is 0 Å². The van der Waals surface area contributed by atoms with Crippen molar-refractivity contribution in [3.63, 3.8) is 0 Å². The largest absolute Gasteiger partial charge is 0.465 e. The lowest BCUT2D eigenvalue weighted by Crippen LogP contribution is -2.39. The summed E-state index contributed by atoms with van der Waals surface area (Å²) in [5.41, 5.74) is 6.28. The van der Waals surface area contributed by atoms with E-state index in [2.05, 4.69) is 24.8 Å². The second-order valence-electron chi connectivity index (χ2n) is 5.35. The van der Waals surface area contributed by atoms with Crippen LogP contribution in [-0.4, -0.2) is 24.0 Å². The van der Waals surface area contributed by atoms with E-state index in [0.29, 0.717) is 0 Å². The Labute approximate surface area is 104 Å². The minimum atomic E-state index is 0.158. The molecule has 3 nitrogen and oxygen atoms in total. The Hall–Kier alpha value is -0.800. The molecule has 1 aromatic rings. The van der Waals surface area contributed by atoms with E-state index >= 15 is 0 Å². The number of likely N-dealkylation sites (tertiary alicyclic amines) is 1. The van der Waals surface area contributed by atoms with E-state index < -0.39 is 0 Å². The summed E-state index contributed by atoms with van der Waals surface area (Å²) in [6.45, 7) is 8.72. The molecule has 1 fully saturated rings. The molecule has 0 saturated carbocycles. The van der Waals surface area contributed by atoms with Gasteiger partial charge in [0.25, 0.3) is 0 Å². The quantitative estimate of drug-likeness (QED) is 0.874. The molecule has 0 aliphatic carbocycles. The first-order valence-corrected chi connectivity index (χ1v) is 6.67. The number of nitrogens with two attached hydrogens (primary N) is 1. The predicted octanol–water partition coefficient (Wildman–Crippen LogP) is 2.71. The van der Waals surface area contributed by atoms with Gasteiger partial charge in [0.05, 0.1) is 6.04 Å². The topological polar surface area (TPSA) is 42.4 Å². The fourth-order valence-electron chi connectivity index (χ4n) is 2.72. The SMILES string of the molecule is CCC(N)C(c1ccc(C)o1)N1CCC(C)C1. The van der Waals surface area contributed by atoms with Crippen molar-refractivity contribution in [1.29, 1.82) is 0 Å². The zero-order valence-corrected chi connectivity index (χ0v) is 11.1. The highest BCUT2D eigenvalue weighted by atomic mass is 16.3. The van der Waals surface area contributed by atoms with Crippen LogP contribution >= 0.6 is 0 Å². The van der Waals surface area contributed by atoms with Crippen LogP contribution < -0.4 is 5.73 Å². The molecule has 1 saturated heterocycles. The lowest BCUT2D eigenvalue weighted by molar-refractivity contribution is 0.176. The molecule has 1 aliphatic rings. The van der Waals surface area contributed by atoms with Crippen LogP contribution in [0.2, 0.25) is 0 Å². The molecule has 0 radical (unpaired) electrons. The number of nitrogens with zero attached hydrogens (tertiary/aromatic N) is 1. The highest BCUT2D eigenvalue weighted by Gasteiger charge is 2.32. The molecule has 17 heavy (non-hydrogen) atoms. The van der Waals surface area contributed by atoms with Crippen molar-refractivity contribution in [3.05, 3.63) is 23.7 Å². The Balaban J connectivity index is 2.19. The van der Waals surface area contributed by atoms with Crippen LogP contribution in [0.3, 0.4) is 0 Å². The fraction of sp³-hybridized carbons (Fsp3) is 0.714. The van der Waals surface area contributed by atoms with Gasteiger partial charge in [-0.3, -0.25) is 4.90 Å². The molecule has 3 atom stereocenters. The Morgan fingerprint density at radius 3 is 2.76 bits per heavy atom. The van der Waals surface area contributed by atoms with Crippen molar-refractivity contribution in [2.75, 3.05) is 13.1 Å². The average Bonchev–Trinajstić information content (AvgIpc) is 2.89. The van der Waals surface area contributed by atoms with Gasteiger partial charge in [-0.25, -0.2) is 0 Å². The molecule has 0 amide bonds. The zero-order valence-electron chi connectivity index (χ0n) is 11.1. The molecule has 2 rings (SSSR count). The number of hydrogen-bond acceptors (Lipinski definition) is 3. The van der Waals surface area contributed by atoms with Gasteiger partial charge < -0.3 is 10.2 Å². The standard InChI is InChI=1S/C14H24N2O/c1-4-12(15)14(13-6-5-11(3)17-13)16-8-7-10(2)9-16/h5-6,10,12,14H,4,7-9,15H2,1-3H3. The van der Waals surface area contributed by atoms with Gasteiger partial charge in [-0.1, -0.05) is 13.8 Å². The molecule has 1 aromatic heterocycles. The molecular formula is C14H24N2O. The van der Waals surface area contributed by atoms with Gasteiger partial charge >= 0.3 is 0 Å². The second kappa shape index (κ2) is 5.23. The Bertz CT molecular complexity index is 361. The van der Waals surface area contributed by atoms with Crippen molar-refractivity contribution >= 4 is 0 Å². The van der Waals surface area contributed by atoms with Gasteiger partial charge in [0, 0.05) is 12.6 Å². The Morgan fingerprint density at radius 1 is 1.53 bits per heavy atom. The van der Waals surface area contributed by atoms with Gasteiger partial charge in [0.1, 0.15) is 11.5 Å². The maximum atomic E-state index is 6.28. The molecule has 0 spiro atoms. The average molecular weight is 236 g/mol. The van der Waals surface area contributed by atoms with E-state index in [4.69, 9.17) is 10.2 Å². The van der Waals surface area contributed by atoms with Crippen LogP contribution in [0.15, 0.2) is 16.5 Å². The highest BCUT2D eigenvalue weighted by Crippen LogP contribution is 2.31. The predicted molar refractivity (Wildman–Crippen MR) is 69.8 cm³/mol. The Morgan fingerprint density at radius 2 is 2.29 bits per heavy atom. The van der Waals surface area contributed by atoms with E-state index in [1.807, 2.05) is 13.0 Å². The third-order valence-corrected chi connectivity index (χ3v) is 3.78.